The molecule has 11 heteroatoms. The third-order valence-electron chi connectivity index (χ3n) is 5.80. The molecular formula is C23H28N4O5S2. The number of carboxylic acids is 1. The number of thiocarbonyl (C=S) groups is 1. The van der Waals surface area contributed by atoms with Gasteiger partial charge in [0.25, 0.3) is 11.5 Å². The first-order valence-corrected chi connectivity index (χ1v) is 12.4. The number of carboxylic acid groups (broad SMARTS) is 1. The number of nitrogens with zero attached hydrogens (tertiary/aromatic N) is 4. The monoisotopic (exact) mass is 504 g/mol. The van der Waals surface area contributed by atoms with Crippen molar-refractivity contribution in [2.45, 2.75) is 59.3 Å². The van der Waals surface area contributed by atoms with E-state index in [1.165, 1.54) is 4.90 Å². The molecule has 1 amide bonds. The van der Waals surface area contributed by atoms with Crippen molar-refractivity contribution >= 4 is 52.1 Å². The lowest BCUT2D eigenvalue weighted by Gasteiger charge is -2.39. The van der Waals surface area contributed by atoms with Crippen LogP contribution in [-0.4, -0.2) is 62.6 Å². The zero-order valence-corrected chi connectivity index (χ0v) is 21.3. The van der Waals surface area contributed by atoms with Crippen molar-refractivity contribution in [3.8, 4) is 6.07 Å². The summed E-state index contributed by atoms with van der Waals surface area (Å²) in [6.45, 7) is 9.20. The van der Waals surface area contributed by atoms with Gasteiger partial charge in [0.1, 0.15) is 21.8 Å². The average molecular weight is 505 g/mol. The standard InChI is InChI=1S/C23H28N4O5S2/c1-5-26-20(25-11-13(2)32-14(3)12-25)16(15(4)17(10-24)21(26)30)9-18-22(31)27(23(33)34-18)8-6-7-19(28)29/h9,13-14H,5-8,11-12H2,1-4H3,(H,28,29)/b18-9-. The molecule has 1 aromatic heterocycles. The second-order valence-corrected chi connectivity index (χ2v) is 10.1. The van der Waals surface area contributed by atoms with Gasteiger partial charge < -0.3 is 14.7 Å². The van der Waals surface area contributed by atoms with Crippen LogP contribution in [0.2, 0.25) is 0 Å². The van der Waals surface area contributed by atoms with Gasteiger partial charge in [0.2, 0.25) is 0 Å². The highest BCUT2D eigenvalue weighted by molar-refractivity contribution is 8.26. The number of morpholine rings is 1. The molecule has 2 aliphatic rings. The van der Waals surface area contributed by atoms with E-state index >= 15 is 0 Å². The van der Waals surface area contributed by atoms with E-state index in [4.69, 9.17) is 22.1 Å². The summed E-state index contributed by atoms with van der Waals surface area (Å²) in [6.07, 6.45) is 1.83. The Kier molecular flexibility index (Phi) is 8.17. The number of anilines is 1. The van der Waals surface area contributed by atoms with E-state index in [1.807, 2.05) is 26.8 Å². The van der Waals surface area contributed by atoms with E-state index in [9.17, 15) is 19.6 Å². The molecule has 2 unspecified atom stereocenters. The summed E-state index contributed by atoms with van der Waals surface area (Å²) >= 11 is 6.51. The Morgan fingerprint density at radius 1 is 1.32 bits per heavy atom. The molecule has 0 saturated carbocycles. The van der Waals surface area contributed by atoms with Crippen LogP contribution in [-0.2, 0) is 20.9 Å². The number of thioether (sulfide) groups is 1. The van der Waals surface area contributed by atoms with Crippen molar-refractivity contribution < 1.29 is 19.4 Å². The maximum atomic E-state index is 13.1. The van der Waals surface area contributed by atoms with Crippen LogP contribution in [0.4, 0.5) is 5.82 Å². The molecule has 34 heavy (non-hydrogen) atoms. The number of hydrogen-bond donors (Lipinski definition) is 1. The van der Waals surface area contributed by atoms with E-state index in [0.717, 1.165) is 11.8 Å². The predicted molar refractivity (Wildman–Crippen MR) is 135 cm³/mol. The molecular weight excluding hydrogens is 476 g/mol. The number of carbonyl (C=O) groups is 2. The lowest BCUT2D eigenvalue weighted by Crippen LogP contribution is -2.48. The Morgan fingerprint density at radius 3 is 2.53 bits per heavy atom. The topological polar surface area (TPSA) is 116 Å². The van der Waals surface area contributed by atoms with Crippen LogP contribution in [0.5, 0.6) is 0 Å². The quantitative estimate of drug-likeness (QED) is 0.442. The van der Waals surface area contributed by atoms with E-state index < -0.39 is 5.97 Å². The summed E-state index contributed by atoms with van der Waals surface area (Å²) in [5.74, 6) is -0.578. The number of amides is 1. The van der Waals surface area contributed by atoms with Crippen molar-refractivity contribution in [1.82, 2.24) is 9.47 Å². The van der Waals surface area contributed by atoms with Crippen LogP contribution in [0.15, 0.2) is 9.70 Å². The largest absolute Gasteiger partial charge is 0.481 e. The Balaban J connectivity index is 2.12. The minimum absolute atomic E-state index is 0.0446. The number of carbonyl (C=O) groups excluding carboxylic acids is 1. The number of rotatable bonds is 7. The molecule has 182 valence electrons. The first-order valence-electron chi connectivity index (χ1n) is 11.1. The van der Waals surface area contributed by atoms with Crippen molar-refractivity contribution in [3.05, 3.63) is 31.9 Å². The van der Waals surface area contributed by atoms with Crippen LogP contribution in [0.3, 0.4) is 0 Å². The summed E-state index contributed by atoms with van der Waals surface area (Å²) < 4.78 is 7.81. The van der Waals surface area contributed by atoms with Gasteiger partial charge in [-0.05, 0) is 45.8 Å². The highest BCUT2D eigenvalue weighted by atomic mass is 32.2. The Morgan fingerprint density at radius 2 is 1.97 bits per heavy atom. The van der Waals surface area contributed by atoms with E-state index in [-0.39, 0.29) is 42.2 Å². The first-order chi connectivity index (χ1) is 16.1. The van der Waals surface area contributed by atoms with Gasteiger partial charge in [0.15, 0.2) is 0 Å². The molecule has 0 bridgehead atoms. The lowest BCUT2D eigenvalue weighted by atomic mass is 10.0. The smallest absolute Gasteiger partial charge is 0.303 e. The van der Waals surface area contributed by atoms with Crippen LogP contribution < -0.4 is 10.5 Å². The van der Waals surface area contributed by atoms with Crippen LogP contribution in [0, 0.1) is 18.3 Å². The summed E-state index contributed by atoms with van der Waals surface area (Å²) in [4.78, 5) is 40.9. The van der Waals surface area contributed by atoms with Gasteiger partial charge in [-0.25, -0.2) is 0 Å². The maximum absolute atomic E-state index is 13.1. The molecule has 3 rings (SSSR count). The summed E-state index contributed by atoms with van der Waals surface area (Å²) in [7, 11) is 0. The van der Waals surface area contributed by atoms with E-state index in [0.29, 0.717) is 52.2 Å². The zero-order chi connectivity index (χ0) is 25.2. The molecule has 9 nitrogen and oxygen atoms in total. The van der Waals surface area contributed by atoms with E-state index in [1.54, 1.807) is 17.6 Å². The average Bonchev–Trinajstić information content (AvgIpc) is 3.02. The van der Waals surface area contributed by atoms with Gasteiger partial charge in [-0.2, -0.15) is 5.26 Å². The maximum Gasteiger partial charge on any atom is 0.303 e. The zero-order valence-electron chi connectivity index (χ0n) is 19.7. The van der Waals surface area contributed by atoms with Gasteiger partial charge in [0.05, 0.1) is 17.1 Å². The summed E-state index contributed by atoms with van der Waals surface area (Å²) in [5.41, 5.74) is 0.825. The minimum atomic E-state index is -0.930. The normalized spacial score (nSPS) is 21.9. The highest BCUT2D eigenvalue weighted by Crippen LogP contribution is 2.36. The SMILES string of the molecule is CCn1c(N2CC(C)OC(C)C2)c(/C=C2\SC(=S)N(CCCC(=O)O)C2=O)c(C)c(C#N)c1=O. The summed E-state index contributed by atoms with van der Waals surface area (Å²) in [5, 5.41) is 18.6. The number of ether oxygens (including phenoxy) is 1. The molecule has 0 spiro atoms. The second-order valence-electron chi connectivity index (χ2n) is 8.39. The second kappa shape index (κ2) is 10.7. The molecule has 3 heterocycles. The Hall–Kier alpha value is -2.68. The third-order valence-corrected chi connectivity index (χ3v) is 7.18. The summed E-state index contributed by atoms with van der Waals surface area (Å²) in [6, 6.07) is 2.03. The molecule has 2 aliphatic heterocycles. The fourth-order valence-electron chi connectivity index (χ4n) is 4.34. The van der Waals surface area contributed by atoms with Crippen molar-refractivity contribution in [1.29, 1.82) is 5.26 Å². The van der Waals surface area contributed by atoms with Crippen molar-refractivity contribution in [2.24, 2.45) is 0 Å². The Bertz CT molecular complexity index is 1140. The number of aliphatic carboxylic acids is 1. The molecule has 2 saturated heterocycles. The van der Waals surface area contributed by atoms with Crippen LogP contribution in [0.25, 0.3) is 6.08 Å². The number of pyridine rings is 1. The fraction of sp³-hybridized carbons (Fsp3) is 0.522. The highest BCUT2D eigenvalue weighted by Gasteiger charge is 2.34. The Labute approximate surface area is 208 Å². The van der Waals surface area contributed by atoms with Crippen LogP contribution >= 0.6 is 24.0 Å². The lowest BCUT2D eigenvalue weighted by molar-refractivity contribution is -0.137. The fourth-order valence-corrected chi connectivity index (χ4v) is 5.63. The minimum Gasteiger partial charge on any atom is -0.481 e. The molecule has 0 aromatic carbocycles. The molecule has 1 aromatic rings. The predicted octanol–water partition coefficient (Wildman–Crippen LogP) is 2.73. The number of hydrogen-bond acceptors (Lipinski definition) is 8. The van der Waals surface area contributed by atoms with Crippen LogP contribution in [0.1, 0.15) is 50.3 Å². The van der Waals surface area contributed by atoms with Gasteiger partial charge >= 0.3 is 5.97 Å². The number of aromatic nitrogens is 1. The van der Waals surface area contributed by atoms with E-state index in [2.05, 4.69) is 4.90 Å². The van der Waals surface area contributed by atoms with Gasteiger partial charge in [0, 0.05) is 38.2 Å². The third kappa shape index (κ3) is 5.19. The van der Waals surface area contributed by atoms with Crippen molar-refractivity contribution in [2.75, 3.05) is 24.5 Å². The molecule has 2 fully saturated rings. The van der Waals surface area contributed by atoms with Crippen molar-refractivity contribution in [3.63, 3.8) is 0 Å². The molecule has 1 N–H and O–H groups in total. The first kappa shape index (κ1) is 25.9. The van der Waals surface area contributed by atoms with Gasteiger partial charge in [-0.1, -0.05) is 24.0 Å². The number of nitriles is 1. The molecule has 0 radical (unpaired) electrons. The molecule has 2 atom stereocenters. The molecule has 0 aliphatic carbocycles. The van der Waals surface area contributed by atoms with Gasteiger partial charge in [-0.15, -0.1) is 0 Å². The van der Waals surface area contributed by atoms with Gasteiger partial charge in [-0.3, -0.25) is 23.9 Å².